The van der Waals surface area contributed by atoms with Crippen molar-refractivity contribution >= 4 is 34.3 Å². The molecule has 0 fully saturated rings. The van der Waals surface area contributed by atoms with Gasteiger partial charge in [-0.3, -0.25) is 9.48 Å². The number of hydrogen-bond donors (Lipinski definition) is 2. The molecule has 0 spiro atoms. The van der Waals surface area contributed by atoms with Crippen LogP contribution in [0.4, 0.5) is 26.2 Å². The molecule has 4 aromatic heterocycles. The predicted octanol–water partition coefficient (Wildman–Crippen LogP) is 6.22. The molecule has 42 heavy (non-hydrogen) atoms. The lowest BCUT2D eigenvalue weighted by Gasteiger charge is -2.17. The van der Waals surface area contributed by atoms with Crippen molar-refractivity contribution < 1.29 is 13.6 Å². The number of carbonyl (C=O) groups excluding carboxylic acids is 1. The molecule has 1 amide bonds. The summed E-state index contributed by atoms with van der Waals surface area (Å²) in [5.74, 6) is -0.684. The van der Waals surface area contributed by atoms with E-state index in [0.717, 1.165) is 22.2 Å². The van der Waals surface area contributed by atoms with E-state index in [4.69, 9.17) is 4.98 Å². The lowest BCUT2D eigenvalue weighted by molar-refractivity contribution is 0.0993. The van der Waals surface area contributed by atoms with Crippen LogP contribution in [0.5, 0.6) is 0 Å². The Kier molecular flexibility index (Phi) is 5.82. The standard InChI is InChI=1S/C31H24F2N8O/c1-16-13-36-31(37-26-11-17(2)40(3)39-26)38-28(16)21-14-35-29-20(21)5-4-6-24(29)41-15-22-19(18-9-10-34-25(33)12-18)7-8-23(32)27(22)30(41)42/h4-14,35H,15H2,1-3H3,(H,36,37,38,39). The summed E-state index contributed by atoms with van der Waals surface area (Å²) in [6.07, 6.45) is 4.94. The molecule has 7 rings (SSSR count). The number of anilines is 3. The van der Waals surface area contributed by atoms with Crippen LogP contribution in [-0.2, 0) is 13.6 Å². The van der Waals surface area contributed by atoms with E-state index in [-0.39, 0.29) is 12.1 Å². The molecule has 2 aromatic carbocycles. The second kappa shape index (κ2) is 9.58. The van der Waals surface area contributed by atoms with Gasteiger partial charge in [-0.15, -0.1) is 0 Å². The molecule has 2 N–H and O–H groups in total. The van der Waals surface area contributed by atoms with E-state index in [1.807, 2.05) is 51.4 Å². The van der Waals surface area contributed by atoms with Gasteiger partial charge in [-0.1, -0.05) is 18.2 Å². The van der Waals surface area contributed by atoms with Gasteiger partial charge < -0.3 is 15.2 Å². The Hall–Kier alpha value is -5.45. The number of aryl methyl sites for hydroxylation is 3. The summed E-state index contributed by atoms with van der Waals surface area (Å²) in [5, 5.41) is 8.42. The highest BCUT2D eigenvalue weighted by atomic mass is 19.1. The first-order valence-electron chi connectivity index (χ1n) is 13.3. The summed E-state index contributed by atoms with van der Waals surface area (Å²) >= 11 is 0. The van der Waals surface area contributed by atoms with Crippen molar-refractivity contribution in [2.75, 3.05) is 10.2 Å². The Morgan fingerprint density at radius 2 is 1.88 bits per heavy atom. The zero-order valence-corrected chi connectivity index (χ0v) is 22.9. The summed E-state index contributed by atoms with van der Waals surface area (Å²) in [5.41, 5.74) is 6.31. The molecule has 0 bridgehead atoms. The van der Waals surface area contributed by atoms with Gasteiger partial charge in [0, 0.05) is 54.4 Å². The third-order valence-corrected chi connectivity index (χ3v) is 7.64. The SMILES string of the molecule is Cc1cnc(Nc2cc(C)n(C)n2)nc1-c1c[nH]c2c(N3Cc4c(-c5ccnc(F)c5)ccc(F)c4C3=O)cccc12. The van der Waals surface area contributed by atoms with Gasteiger partial charge in [-0.2, -0.15) is 9.49 Å². The number of hydrogen-bond acceptors (Lipinski definition) is 6. The molecule has 6 aromatic rings. The fraction of sp³-hybridized carbons (Fsp3) is 0.129. The minimum Gasteiger partial charge on any atom is -0.359 e. The van der Waals surface area contributed by atoms with E-state index in [2.05, 4.69) is 25.4 Å². The number of rotatable bonds is 5. The average molecular weight is 563 g/mol. The van der Waals surface area contributed by atoms with Crippen LogP contribution in [0, 0.1) is 25.6 Å². The van der Waals surface area contributed by atoms with E-state index in [1.165, 1.54) is 18.3 Å². The predicted molar refractivity (Wildman–Crippen MR) is 155 cm³/mol. The quantitative estimate of drug-likeness (QED) is 0.242. The number of nitrogens with one attached hydrogen (secondary N) is 2. The Balaban J connectivity index is 1.28. The number of nitrogens with zero attached hydrogens (tertiary/aromatic N) is 6. The first-order chi connectivity index (χ1) is 20.3. The maximum absolute atomic E-state index is 15.0. The lowest BCUT2D eigenvalue weighted by atomic mass is 9.97. The van der Waals surface area contributed by atoms with Crippen LogP contribution in [-0.4, -0.2) is 35.6 Å². The number of halogens is 2. The molecular formula is C31H24F2N8O. The van der Waals surface area contributed by atoms with E-state index >= 15 is 4.39 Å². The van der Waals surface area contributed by atoms with Crippen LogP contribution in [0.3, 0.4) is 0 Å². The minimum atomic E-state index is -0.649. The van der Waals surface area contributed by atoms with Crippen LogP contribution < -0.4 is 10.2 Å². The van der Waals surface area contributed by atoms with Gasteiger partial charge in [0.05, 0.1) is 29.0 Å². The lowest BCUT2D eigenvalue weighted by Crippen LogP contribution is -2.23. The molecule has 5 heterocycles. The van der Waals surface area contributed by atoms with E-state index in [0.29, 0.717) is 45.4 Å². The molecule has 0 radical (unpaired) electrons. The Labute approximate surface area is 238 Å². The van der Waals surface area contributed by atoms with Crippen LogP contribution in [0.25, 0.3) is 33.3 Å². The van der Waals surface area contributed by atoms with E-state index in [1.54, 1.807) is 27.9 Å². The van der Waals surface area contributed by atoms with Gasteiger partial charge in [-0.25, -0.2) is 19.3 Å². The second-order valence-corrected chi connectivity index (χ2v) is 10.3. The first-order valence-corrected chi connectivity index (χ1v) is 13.3. The van der Waals surface area contributed by atoms with Crippen molar-refractivity contribution in [1.29, 1.82) is 0 Å². The maximum Gasteiger partial charge on any atom is 0.262 e. The first kappa shape index (κ1) is 25.5. The number of carbonyl (C=O) groups is 1. The Morgan fingerprint density at radius 3 is 2.67 bits per heavy atom. The number of benzene rings is 2. The summed E-state index contributed by atoms with van der Waals surface area (Å²) in [4.78, 5) is 31.3. The number of para-hydroxylation sites is 1. The normalized spacial score (nSPS) is 12.8. The van der Waals surface area contributed by atoms with Crippen LogP contribution in [0.15, 0.2) is 67.1 Å². The fourth-order valence-corrected chi connectivity index (χ4v) is 5.48. The number of aromatic nitrogens is 6. The zero-order valence-electron chi connectivity index (χ0n) is 22.9. The average Bonchev–Trinajstić information content (AvgIpc) is 3.65. The molecule has 0 saturated heterocycles. The van der Waals surface area contributed by atoms with Crippen molar-refractivity contribution in [1.82, 2.24) is 29.7 Å². The topological polar surface area (TPSA) is 105 Å². The fourth-order valence-electron chi connectivity index (χ4n) is 5.48. The zero-order chi connectivity index (χ0) is 29.1. The molecule has 0 aliphatic carbocycles. The third kappa shape index (κ3) is 4.09. The minimum absolute atomic E-state index is 0.0133. The van der Waals surface area contributed by atoms with Gasteiger partial charge in [-0.05, 0) is 54.3 Å². The summed E-state index contributed by atoms with van der Waals surface area (Å²) in [6.45, 7) is 4.02. The Bertz CT molecular complexity index is 2030. The number of aromatic amines is 1. The molecule has 0 saturated carbocycles. The molecule has 0 atom stereocenters. The highest BCUT2D eigenvalue weighted by Crippen LogP contribution is 2.40. The molecular weight excluding hydrogens is 538 g/mol. The van der Waals surface area contributed by atoms with Gasteiger partial charge in [0.1, 0.15) is 5.82 Å². The molecule has 1 aliphatic rings. The van der Waals surface area contributed by atoms with Gasteiger partial charge >= 0.3 is 0 Å². The van der Waals surface area contributed by atoms with Crippen LogP contribution in [0.1, 0.15) is 27.2 Å². The molecule has 9 nitrogen and oxygen atoms in total. The van der Waals surface area contributed by atoms with Crippen molar-refractivity contribution in [3.05, 3.63) is 101 Å². The van der Waals surface area contributed by atoms with E-state index in [9.17, 15) is 9.18 Å². The van der Waals surface area contributed by atoms with Gasteiger partial charge in [0.25, 0.3) is 5.91 Å². The number of H-pyrrole nitrogens is 1. The van der Waals surface area contributed by atoms with Crippen molar-refractivity contribution in [3.63, 3.8) is 0 Å². The van der Waals surface area contributed by atoms with Crippen molar-refractivity contribution in [3.8, 4) is 22.4 Å². The maximum atomic E-state index is 15.0. The molecule has 11 heteroatoms. The monoisotopic (exact) mass is 562 g/mol. The summed E-state index contributed by atoms with van der Waals surface area (Å²) in [7, 11) is 1.86. The molecule has 208 valence electrons. The summed E-state index contributed by atoms with van der Waals surface area (Å²) < 4.78 is 30.7. The van der Waals surface area contributed by atoms with Crippen molar-refractivity contribution in [2.45, 2.75) is 20.4 Å². The number of amides is 1. The highest BCUT2D eigenvalue weighted by molar-refractivity contribution is 6.15. The van der Waals surface area contributed by atoms with Crippen LogP contribution >= 0.6 is 0 Å². The molecule has 0 unspecified atom stereocenters. The number of pyridine rings is 1. The highest BCUT2D eigenvalue weighted by Gasteiger charge is 2.35. The second-order valence-electron chi connectivity index (χ2n) is 10.3. The third-order valence-electron chi connectivity index (χ3n) is 7.64. The van der Waals surface area contributed by atoms with Crippen LogP contribution in [0.2, 0.25) is 0 Å². The van der Waals surface area contributed by atoms with Gasteiger partial charge in [0.15, 0.2) is 5.82 Å². The van der Waals surface area contributed by atoms with E-state index < -0.39 is 17.7 Å². The van der Waals surface area contributed by atoms with Crippen molar-refractivity contribution in [2.24, 2.45) is 7.05 Å². The Morgan fingerprint density at radius 1 is 1.02 bits per heavy atom. The number of fused-ring (bicyclic) bond motifs is 2. The smallest absolute Gasteiger partial charge is 0.262 e. The molecule has 1 aliphatic heterocycles. The van der Waals surface area contributed by atoms with Gasteiger partial charge in [0.2, 0.25) is 11.9 Å². The largest absolute Gasteiger partial charge is 0.359 e. The summed E-state index contributed by atoms with van der Waals surface area (Å²) in [6, 6.07) is 13.3.